The Morgan fingerprint density at radius 3 is 2.62 bits per heavy atom. The molecule has 1 fully saturated rings. The summed E-state index contributed by atoms with van der Waals surface area (Å²) in [6, 6.07) is 6.30. The highest BCUT2D eigenvalue weighted by Crippen LogP contribution is 2.27. The monoisotopic (exact) mass is 505 g/mol. The van der Waals surface area contributed by atoms with Crippen molar-refractivity contribution < 1.29 is 29.7 Å². The van der Waals surface area contributed by atoms with Crippen molar-refractivity contribution in [3.8, 4) is 11.5 Å². The predicted octanol–water partition coefficient (Wildman–Crippen LogP) is 1.30. The van der Waals surface area contributed by atoms with E-state index in [0.29, 0.717) is 22.9 Å². The lowest BCUT2D eigenvalue weighted by molar-refractivity contribution is -0.140. The third kappa shape index (κ3) is 6.87. The molecule has 2 amide bonds. The molecule has 0 bridgehead atoms. The number of aliphatic hydroxyl groups excluding tert-OH is 1. The van der Waals surface area contributed by atoms with Crippen LogP contribution in [-0.2, 0) is 27.2 Å². The van der Waals surface area contributed by atoms with Crippen molar-refractivity contribution in [2.24, 2.45) is 0 Å². The molecular formula is C23H27N3O6S2. The number of thioether (sulfide) groups is 2. The average molecular weight is 506 g/mol. The average Bonchev–Trinajstić information content (AvgIpc) is 3.31. The third-order valence-electron chi connectivity index (χ3n) is 5.32. The fourth-order valence-corrected chi connectivity index (χ4v) is 5.61. The molecule has 2 aromatic rings. The normalized spacial score (nSPS) is 17.2. The summed E-state index contributed by atoms with van der Waals surface area (Å²) in [4.78, 5) is 43.5. The van der Waals surface area contributed by atoms with Crippen molar-refractivity contribution >= 4 is 40.5 Å². The molecule has 1 aromatic heterocycles. The van der Waals surface area contributed by atoms with E-state index in [1.165, 1.54) is 53.5 Å². The molecule has 3 rings (SSSR count). The van der Waals surface area contributed by atoms with E-state index in [1.54, 1.807) is 12.4 Å². The molecule has 1 aliphatic heterocycles. The highest BCUT2D eigenvalue weighted by molar-refractivity contribution is 8.13. The van der Waals surface area contributed by atoms with Crippen LogP contribution in [0, 0.1) is 0 Å². The zero-order valence-corrected chi connectivity index (χ0v) is 20.2. The SMILES string of the molecule is CC(NC(=O)C(O)Cc1ccc(O)c(O)c1)C(=O)N1CSCC1C(=O)SCCc1ccncc1. The summed E-state index contributed by atoms with van der Waals surface area (Å²) in [5.74, 6) is -0.330. The van der Waals surface area contributed by atoms with Gasteiger partial charge in [0.2, 0.25) is 16.9 Å². The van der Waals surface area contributed by atoms with E-state index in [4.69, 9.17) is 0 Å². The van der Waals surface area contributed by atoms with Gasteiger partial charge < -0.3 is 25.5 Å². The van der Waals surface area contributed by atoms with Crippen LogP contribution >= 0.6 is 23.5 Å². The number of aromatic hydroxyl groups is 2. The van der Waals surface area contributed by atoms with E-state index in [-0.39, 0.29) is 28.9 Å². The molecule has 1 aliphatic rings. The zero-order valence-electron chi connectivity index (χ0n) is 18.6. The van der Waals surface area contributed by atoms with Crippen LogP contribution < -0.4 is 5.32 Å². The van der Waals surface area contributed by atoms with E-state index >= 15 is 0 Å². The Kier molecular flexibility index (Phi) is 9.20. The minimum Gasteiger partial charge on any atom is -0.504 e. The van der Waals surface area contributed by atoms with Gasteiger partial charge in [0.25, 0.3) is 0 Å². The van der Waals surface area contributed by atoms with Crippen molar-refractivity contribution in [3.05, 3.63) is 53.9 Å². The summed E-state index contributed by atoms with van der Waals surface area (Å²) in [7, 11) is 0. The van der Waals surface area contributed by atoms with Gasteiger partial charge in [-0.1, -0.05) is 17.8 Å². The molecule has 0 aliphatic carbocycles. The van der Waals surface area contributed by atoms with Gasteiger partial charge in [-0.25, -0.2) is 0 Å². The van der Waals surface area contributed by atoms with Gasteiger partial charge in [0.1, 0.15) is 18.2 Å². The Morgan fingerprint density at radius 2 is 1.91 bits per heavy atom. The molecule has 2 heterocycles. The first-order valence-corrected chi connectivity index (χ1v) is 12.8. The van der Waals surface area contributed by atoms with Crippen LogP contribution in [0.25, 0.3) is 0 Å². The second-order valence-corrected chi connectivity index (χ2v) is 9.97. The lowest BCUT2D eigenvalue weighted by atomic mass is 10.1. The molecule has 0 radical (unpaired) electrons. The summed E-state index contributed by atoms with van der Waals surface area (Å²) in [5.41, 5.74) is 1.53. The van der Waals surface area contributed by atoms with Gasteiger partial charge in [-0.3, -0.25) is 19.4 Å². The predicted molar refractivity (Wildman–Crippen MR) is 130 cm³/mol. The van der Waals surface area contributed by atoms with Gasteiger partial charge in [-0.2, -0.15) is 0 Å². The summed E-state index contributed by atoms with van der Waals surface area (Å²) in [5, 5.41) is 31.6. The largest absolute Gasteiger partial charge is 0.504 e. The Labute approximate surface area is 206 Å². The summed E-state index contributed by atoms with van der Waals surface area (Å²) in [6.07, 6.45) is 2.58. The number of benzene rings is 1. The van der Waals surface area contributed by atoms with Gasteiger partial charge in [0.05, 0.1) is 5.88 Å². The Morgan fingerprint density at radius 1 is 1.18 bits per heavy atom. The molecule has 1 aromatic carbocycles. The van der Waals surface area contributed by atoms with Gasteiger partial charge >= 0.3 is 0 Å². The first-order valence-electron chi connectivity index (χ1n) is 10.7. The number of phenols is 2. The number of phenolic OH excluding ortho intramolecular Hbond substituents is 2. The van der Waals surface area contributed by atoms with Crippen molar-refractivity contribution in [1.82, 2.24) is 15.2 Å². The van der Waals surface area contributed by atoms with Gasteiger partial charge in [0.15, 0.2) is 11.5 Å². The molecule has 182 valence electrons. The van der Waals surface area contributed by atoms with Gasteiger partial charge in [-0.05, 0) is 48.7 Å². The lowest BCUT2D eigenvalue weighted by Gasteiger charge is -2.26. The Balaban J connectivity index is 1.50. The Bertz CT molecular complexity index is 1020. The second kappa shape index (κ2) is 12.1. The fraction of sp³-hybridized carbons (Fsp3) is 0.391. The second-order valence-electron chi connectivity index (χ2n) is 7.87. The van der Waals surface area contributed by atoms with E-state index in [0.717, 1.165) is 12.0 Å². The quantitative estimate of drug-likeness (QED) is 0.371. The molecular weight excluding hydrogens is 478 g/mol. The number of nitrogens with one attached hydrogen (secondary N) is 1. The number of amides is 2. The molecule has 34 heavy (non-hydrogen) atoms. The van der Waals surface area contributed by atoms with Crippen LogP contribution in [0.4, 0.5) is 0 Å². The number of aliphatic hydroxyl groups is 1. The van der Waals surface area contributed by atoms with Crippen molar-refractivity contribution in [3.63, 3.8) is 0 Å². The summed E-state index contributed by atoms with van der Waals surface area (Å²) >= 11 is 2.67. The Hall–Kier alpha value is -2.76. The zero-order chi connectivity index (χ0) is 24.7. The van der Waals surface area contributed by atoms with Crippen LogP contribution in [0.15, 0.2) is 42.7 Å². The van der Waals surface area contributed by atoms with Crippen LogP contribution in [0.1, 0.15) is 18.1 Å². The maximum Gasteiger partial charge on any atom is 0.249 e. The first kappa shape index (κ1) is 25.9. The molecule has 3 unspecified atom stereocenters. The number of rotatable bonds is 9. The maximum atomic E-state index is 12.9. The topological polar surface area (TPSA) is 140 Å². The number of aryl methyl sites for hydroxylation is 1. The molecule has 0 saturated carbocycles. The van der Waals surface area contributed by atoms with Crippen LogP contribution in [0.2, 0.25) is 0 Å². The molecule has 1 saturated heterocycles. The first-order chi connectivity index (χ1) is 16.3. The van der Waals surface area contributed by atoms with Gasteiger partial charge in [-0.15, -0.1) is 11.8 Å². The van der Waals surface area contributed by atoms with Crippen LogP contribution in [0.3, 0.4) is 0 Å². The van der Waals surface area contributed by atoms with E-state index in [1.807, 2.05) is 12.1 Å². The standard InChI is InChI=1S/C23H27N3O6S2/c1-14(25-21(30)20(29)11-16-2-3-18(27)19(28)10-16)22(31)26-13-33-12-17(26)23(32)34-9-6-15-4-7-24-8-5-15/h2-5,7-8,10,14,17,20,27-29H,6,9,11-13H2,1H3,(H,25,30). The minimum atomic E-state index is -1.45. The van der Waals surface area contributed by atoms with Crippen LogP contribution in [0.5, 0.6) is 11.5 Å². The van der Waals surface area contributed by atoms with E-state index in [2.05, 4.69) is 10.3 Å². The molecule has 3 atom stereocenters. The van der Waals surface area contributed by atoms with E-state index in [9.17, 15) is 29.7 Å². The van der Waals surface area contributed by atoms with Crippen molar-refractivity contribution in [1.29, 1.82) is 0 Å². The smallest absolute Gasteiger partial charge is 0.249 e. The highest BCUT2D eigenvalue weighted by atomic mass is 32.2. The fourth-order valence-electron chi connectivity index (χ4n) is 3.40. The number of nitrogens with zero attached hydrogens (tertiary/aromatic N) is 2. The summed E-state index contributed by atoms with van der Waals surface area (Å²) < 4.78 is 0. The van der Waals surface area contributed by atoms with Crippen molar-refractivity contribution in [2.75, 3.05) is 17.4 Å². The van der Waals surface area contributed by atoms with Crippen molar-refractivity contribution in [2.45, 2.75) is 38.0 Å². The number of hydrogen-bond acceptors (Lipinski definition) is 9. The molecule has 9 nitrogen and oxygen atoms in total. The number of carbonyl (C=O) groups excluding carboxylic acids is 3. The number of aromatic nitrogens is 1. The summed E-state index contributed by atoms with van der Waals surface area (Å²) in [6.45, 7) is 1.51. The van der Waals surface area contributed by atoms with E-state index < -0.39 is 24.1 Å². The molecule has 11 heteroatoms. The highest BCUT2D eigenvalue weighted by Gasteiger charge is 2.37. The molecule has 0 spiro atoms. The number of pyridine rings is 1. The number of hydrogen-bond donors (Lipinski definition) is 4. The lowest BCUT2D eigenvalue weighted by Crippen LogP contribution is -2.52. The molecule has 4 N–H and O–H groups in total. The number of carbonyl (C=O) groups is 3. The third-order valence-corrected chi connectivity index (χ3v) is 7.30. The minimum absolute atomic E-state index is 0.0851. The maximum absolute atomic E-state index is 12.9. The van der Waals surface area contributed by atoms with Crippen LogP contribution in [-0.4, -0.2) is 77.7 Å². The van der Waals surface area contributed by atoms with Gasteiger partial charge in [0, 0.05) is 30.3 Å².